The van der Waals surface area contributed by atoms with Gasteiger partial charge in [-0.25, -0.2) is 0 Å². The van der Waals surface area contributed by atoms with E-state index >= 15 is 0 Å². The van der Waals surface area contributed by atoms with Crippen LogP contribution in [-0.2, 0) is 6.42 Å². The number of ether oxygens (including phenoxy) is 2. The molecule has 0 saturated heterocycles. The van der Waals surface area contributed by atoms with Crippen LogP contribution in [0.15, 0.2) is 48.5 Å². The Kier molecular flexibility index (Phi) is 4.98. The summed E-state index contributed by atoms with van der Waals surface area (Å²) in [5, 5.41) is 7.12. The van der Waals surface area contributed by atoms with Crippen LogP contribution in [0.25, 0.3) is 0 Å². The van der Waals surface area contributed by atoms with Gasteiger partial charge in [-0.15, -0.1) is 0 Å². The molecule has 0 aromatic heterocycles. The first-order chi connectivity index (χ1) is 11.2. The highest BCUT2D eigenvalue weighted by molar-refractivity contribution is 7.80. The minimum absolute atomic E-state index is 0.276. The lowest BCUT2D eigenvalue weighted by atomic mass is 10.1. The lowest BCUT2D eigenvalue weighted by Gasteiger charge is -2.17. The number of nitrogens with one attached hydrogen (secondary N) is 2. The minimum atomic E-state index is 0.276. The summed E-state index contributed by atoms with van der Waals surface area (Å²) < 4.78 is 10.7. The molecule has 0 amide bonds. The number of rotatable bonds is 5. The first kappa shape index (κ1) is 15.6. The summed E-state index contributed by atoms with van der Waals surface area (Å²) in [5.74, 6) is 1.51. The van der Waals surface area contributed by atoms with Crippen LogP contribution in [0.4, 0.5) is 5.69 Å². The molecule has 1 aliphatic heterocycles. The van der Waals surface area contributed by atoms with Gasteiger partial charge in [0.1, 0.15) is 0 Å². The van der Waals surface area contributed by atoms with Gasteiger partial charge >= 0.3 is 0 Å². The minimum Gasteiger partial charge on any atom is -0.454 e. The third-order valence-electron chi connectivity index (χ3n) is 3.72. The van der Waals surface area contributed by atoms with Gasteiger partial charge in [0.15, 0.2) is 16.6 Å². The summed E-state index contributed by atoms with van der Waals surface area (Å²) in [6.45, 7) is 2.41. The second-order valence-corrected chi connectivity index (χ2v) is 6.00. The van der Waals surface area contributed by atoms with Gasteiger partial charge in [0.2, 0.25) is 6.79 Å². The third kappa shape index (κ3) is 4.36. The molecule has 5 heteroatoms. The first-order valence-corrected chi connectivity index (χ1v) is 8.12. The largest absolute Gasteiger partial charge is 0.454 e. The fourth-order valence-electron chi connectivity index (χ4n) is 2.47. The molecule has 0 bridgehead atoms. The summed E-state index contributed by atoms with van der Waals surface area (Å²) in [5.41, 5.74) is 2.23. The zero-order valence-electron chi connectivity index (χ0n) is 13.0. The van der Waals surface area contributed by atoms with Gasteiger partial charge < -0.3 is 20.1 Å². The van der Waals surface area contributed by atoms with Gasteiger partial charge in [0, 0.05) is 17.8 Å². The molecule has 1 aliphatic rings. The SMILES string of the molecule is CC(CCc1ccccc1)NC(=S)Nc1ccc2c(c1)OCO2. The van der Waals surface area contributed by atoms with Crippen LogP contribution in [0.1, 0.15) is 18.9 Å². The van der Waals surface area contributed by atoms with Crippen molar-refractivity contribution in [1.82, 2.24) is 5.32 Å². The highest BCUT2D eigenvalue weighted by Crippen LogP contribution is 2.34. The van der Waals surface area contributed by atoms with Gasteiger partial charge in [-0.2, -0.15) is 0 Å². The van der Waals surface area contributed by atoms with Crippen molar-refractivity contribution in [3.63, 3.8) is 0 Å². The zero-order valence-corrected chi connectivity index (χ0v) is 13.9. The molecule has 0 saturated carbocycles. The monoisotopic (exact) mass is 328 g/mol. The molecule has 23 heavy (non-hydrogen) atoms. The van der Waals surface area contributed by atoms with Gasteiger partial charge in [-0.1, -0.05) is 30.3 Å². The molecule has 0 aliphatic carbocycles. The van der Waals surface area contributed by atoms with E-state index in [0.717, 1.165) is 30.0 Å². The molecule has 0 radical (unpaired) electrons. The van der Waals surface area contributed by atoms with E-state index in [1.54, 1.807) is 0 Å². The maximum Gasteiger partial charge on any atom is 0.231 e. The Labute approximate surface area is 141 Å². The third-order valence-corrected chi connectivity index (χ3v) is 3.94. The zero-order chi connectivity index (χ0) is 16.1. The molecular weight excluding hydrogens is 308 g/mol. The van der Waals surface area contributed by atoms with Crippen molar-refractivity contribution < 1.29 is 9.47 Å². The van der Waals surface area contributed by atoms with E-state index in [1.807, 2.05) is 24.3 Å². The van der Waals surface area contributed by atoms with E-state index in [2.05, 4.69) is 41.8 Å². The van der Waals surface area contributed by atoms with Crippen LogP contribution in [0.2, 0.25) is 0 Å². The molecule has 0 fully saturated rings. The standard InChI is InChI=1S/C18H20N2O2S/c1-13(7-8-14-5-3-2-4-6-14)19-18(23)20-15-9-10-16-17(11-15)22-12-21-16/h2-6,9-11,13H,7-8,12H2,1H3,(H2,19,20,23). The van der Waals surface area contributed by atoms with Crippen molar-refractivity contribution in [3.8, 4) is 11.5 Å². The fraction of sp³-hybridized carbons (Fsp3) is 0.278. The molecule has 2 aromatic carbocycles. The lowest BCUT2D eigenvalue weighted by molar-refractivity contribution is 0.174. The van der Waals surface area contributed by atoms with Crippen LogP contribution < -0.4 is 20.1 Å². The summed E-state index contributed by atoms with van der Waals surface area (Å²) in [6, 6.07) is 16.5. The predicted molar refractivity (Wildman–Crippen MR) is 96.1 cm³/mol. The second-order valence-electron chi connectivity index (χ2n) is 5.59. The maximum absolute atomic E-state index is 5.38. The summed E-state index contributed by atoms with van der Waals surface area (Å²) in [4.78, 5) is 0. The lowest BCUT2D eigenvalue weighted by Crippen LogP contribution is -2.36. The van der Waals surface area contributed by atoms with E-state index in [0.29, 0.717) is 11.2 Å². The average molecular weight is 328 g/mol. The van der Waals surface area contributed by atoms with Crippen molar-refractivity contribution in [2.24, 2.45) is 0 Å². The van der Waals surface area contributed by atoms with Crippen molar-refractivity contribution in [2.45, 2.75) is 25.8 Å². The van der Waals surface area contributed by atoms with Gasteiger partial charge in [0.25, 0.3) is 0 Å². The summed E-state index contributed by atoms with van der Waals surface area (Å²) in [7, 11) is 0. The molecule has 1 atom stereocenters. The van der Waals surface area contributed by atoms with Gasteiger partial charge in [-0.3, -0.25) is 0 Å². The molecule has 2 N–H and O–H groups in total. The highest BCUT2D eigenvalue weighted by Gasteiger charge is 2.13. The first-order valence-electron chi connectivity index (χ1n) is 7.72. The Hall–Kier alpha value is -2.27. The Morgan fingerprint density at radius 2 is 1.91 bits per heavy atom. The van der Waals surface area contributed by atoms with Crippen molar-refractivity contribution in [2.75, 3.05) is 12.1 Å². The Morgan fingerprint density at radius 1 is 1.13 bits per heavy atom. The average Bonchev–Trinajstić information content (AvgIpc) is 3.01. The number of thiocarbonyl (C=S) groups is 1. The van der Waals surface area contributed by atoms with Crippen LogP contribution in [0, 0.1) is 0 Å². The van der Waals surface area contributed by atoms with Crippen LogP contribution >= 0.6 is 12.2 Å². The Morgan fingerprint density at radius 3 is 2.74 bits per heavy atom. The molecule has 2 aromatic rings. The summed E-state index contributed by atoms with van der Waals surface area (Å²) >= 11 is 5.38. The number of aryl methyl sites for hydroxylation is 1. The van der Waals surface area contributed by atoms with Gasteiger partial charge in [-0.05, 0) is 49.7 Å². The number of anilines is 1. The molecule has 120 valence electrons. The number of hydrogen-bond donors (Lipinski definition) is 2. The second kappa shape index (κ2) is 7.33. The number of benzene rings is 2. The van der Waals surface area contributed by atoms with Crippen LogP contribution in [-0.4, -0.2) is 17.9 Å². The Bertz CT molecular complexity index is 676. The van der Waals surface area contributed by atoms with E-state index in [1.165, 1.54) is 5.56 Å². The Balaban J connectivity index is 1.47. The fourth-order valence-corrected chi connectivity index (χ4v) is 2.78. The molecule has 1 heterocycles. The van der Waals surface area contributed by atoms with Gasteiger partial charge in [0.05, 0.1) is 0 Å². The van der Waals surface area contributed by atoms with E-state index in [-0.39, 0.29) is 6.79 Å². The highest BCUT2D eigenvalue weighted by atomic mass is 32.1. The molecular formula is C18H20N2O2S. The van der Waals surface area contributed by atoms with Crippen molar-refractivity contribution >= 4 is 23.0 Å². The van der Waals surface area contributed by atoms with Crippen molar-refractivity contribution in [1.29, 1.82) is 0 Å². The number of hydrogen-bond acceptors (Lipinski definition) is 3. The normalized spacial score (nSPS) is 13.4. The van der Waals surface area contributed by atoms with E-state index in [9.17, 15) is 0 Å². The maximum atomic E-state index is 5.38. The molecule has 1 unspecified atom stereocenters. The van der Waals surface area contributed by atoms with Crippen molar-refractivity contribution in [3.05, 3.63) is 54.1 Å². The quantitative estimate of drug-likeness (QED) is 0.819. The summed E-state index contributed by atoms with van der Waals surface area (Å²) in [6.07, 6.45) is 2.05. The number of fused-ring (bicyclic) bond motifs is 1. The van der Waals surface area contributed by atoms with E-state index < -0.39 is 0 Å². The molecule has 3 rings (SSSR count). The topological polar surface area (TPSA) is 42.5 Å². The van der Waals surface area contributed by atoms with Crippen LogP contribution in [0.5, 0.6) is 11.5 Å². The van der Waals surface area contributed by atoms with E-state index in [4.69, 9.17) is 21.7 Å². The smallest absolute Gasteiger partial charge is 0.231 e. The molecule has 4 nitrogen and oxygen atoms in total. The predicted octanol–water partition coefficient (Wildman–Crippen LogP) is 3.72. The van der Waals surface area contributed by atoms with Crippen LogP contribution in [0.3, 0.4) is 0 Å². The molecule has 0 spiro atoms.